The Morgan fingerprint density at radius 2 is 1.90 bits per heavy atom. The molecule has 2 nitrogen and oxygen atoms in total. The van der Waals surface area contributed by atoms with E-state index in [2.05, 4.69) is 34.6 Å². The number of pyridine rings is 1. The van der Waals surface area contributed by atoms with Crippen LogP contribution in [0.5, 0.6) is 0 Å². The maximum atomic E-state index is 6.26. The highest BCUT2D eigenvalue weighted by Crippen LogP contribution is 2.36. The van der Waals surface area contributed by atoms with Crippen molar-refractivity contribution >= 4 is 22.5 Å². The van der Waals surface area contributed by atoms with Crippen molar-refractivity contribution in [2.45, 2.75) is 38.6 Å². The number of hydrogen-bond donors (Lipinski definition) is 1. The zero-order valence-corrected chi connectivity index (χ0v) is 13.2. The average Bonchev–Trinajstić information content (AvgIpc) is 2.56. The van der Waals surface area contributed by atoms with Crippen molar-refractivity contribution in [2.75, 3.05) is 12.4 Å². The molecular formula is C18H23ClN2. The van der Waals surface area contributed by atoms with E-state index in [0.29, 0.717) is 5.41 Å². The van der Waals surface area contributed by atoms with E-state index in [1.165, 1.54) is 43.1 Å². The van der Waals surface area contributed by atoms with Crippen LogP contribution < -0.4 is 5.32 Å². The molecule has 1 aromatic carbocycles. The summed E-state index contributed by atoms with van der Waals surface area (Å²) in [5, 5.41) is 4.84. The van der Waals surface area contributed by atoms with Gasteiger partial charge >= 0.3 is 0 Å². The fraction of sp³-hybridized carbons (Fsp3) is 0.500. The maximum Gasteiger partial charge on any atom is 0.0746 e. The largest absolute Gasteiger partial charge is 0.312 e. The Kier molecular flexibility index (Phi) is 4.77. The minimum Gasteiger partial charge on any atom is -0.312 e. The van der Waals surface area contributed by atoms with E-state index in [0.717, 1.165) is 24.5 Å². The first kappa shape index (κ1) is 14.8. The predicted octanol–water partition coefficient (Wildman–Crippen LogP) is 4.51. The Morgan fingerprint density at radius 3 is 2.71 bits per heavy atom. The molecule has 1 heterocycles. The second kappa shape index (κ2) is 6.76. The third-order valence-electron chi connectivity index (χ3n) is 4.73. The predicted molar refractivity (Wildman–Crippen MR) is 89.7 cm³/mol. The molecule has 0 aliphatic heterocycles. The number of para-hydroxylation sites is 1. The second-order valence-electron chi connectivity index (χ2n) is 6.29. The third-order valence-corrected chi connectivity index (χ3v) is 5.30. The van der Waals surface area contributed by atoms with Gasteiger partial charge in [0.05, 0.1) is 5.52 Å². The molecule has 0 unspecified atom stereocenters. The molecule has 21 heavy (non-hydrogen) atoms. The number of fused-ring (bicyclic) bond motifs is 1. The molecule has 1 saturated carbocycles. The number of aromatic nitrogens is 1. The van der Waals surface area contributed by atoms with Gasteiger partial charge in [-0.1, -0.05) is 43.5 Å². The van der Waals surface area contributed by atoms with Gasteiger partial charge in [0.1, 0.15) is 0 Å². The van der Waals surface area contributed by atoms with Gasteiger partial charge in [0.2, 0.25) is 0 Å². The lowest BCUT2D eigenvalue weighted by Gasteiger charge is -2.35. The lowest BCUT2D eigenvalue weighted by Crippen LogP contribution is -2.37. The Bertz CT molecular complexity index is 585. The Labute approximate surface area is 131 Å². The van der Waals surface area contributed by atoms with Gasteiger partial charge in [-0.25, -0.2) is 0 Å². The van der Waals surface area contributed by atoms with Gasteiger partial charge in [-0.3, -0.25) is 4.98 Å². The van der Waals surface area contributed by atoms with E-state index in [9.17, 15) is 0 Å². The molecule has 1 aromatic heterocycles. The molecule has 2 aromatic rings. The lowest BCUT2D eigenvalue weighted by molar-refractivity contribution is 0.212. The monoisotopic (exact) mass is 302 g/mol. The minimum absolute atomic E-state index is 0.303. The van der Waals surface area contributed by atoms with Crippen LogP contribution in [0.15, 0.2) is 36.5 Å². The summed E-state index contributed by atoms with van der Waals surface area (Å²) in [6.07, 6.45) is 8.40. The standard InChI is InChI=1S/C18H23ClN2/c19-13-18(9-2-1-3-10-18)14-20-12-16-7-4-6-15-8-5-11-21-17(15)16/h4-8,11,20H,1-3,9-10,12-14H2. The Morgan fingerprint density at radius 1 is 1.10 bits per heavy atom. The molecule has 3 rings (SSSR count). The van der Waals surface area contributed by atoms with Gasteiger partial charge in [0.15, 0.2) is 0 Å². The fourth-order valence-electron chi connectivity index (χ4n) is 3.43. The molecule has 0 atom stereocenters. The van der Waals surface area contributed by atoms with Crippen molar-refractivity contribution < 1.29 is 0 Å². The Balaban J connectivity index is 1.66. The van der Waals surface area contributed by atoms with Crippen LogP contribution in [0.2, 0.25) is 0 Å². The SMILES string of the molecule is ClCC1(CNCc2cccc3cccnc23)CCCCC1. The highest BCUT2D eigenvalue weighted by Gasteiger charge is 2.30. The molecule has 1 aliphatic carbocycles. The smallest absolute Gasteiger partial charge is 0.0746 e. The first-order chi connectivity index (χ1) is 10.3. The van der Waals surface area contributed by atoms with Crippen LogP contribution in [0.4, 0.5) is 0 Å². The van der Waals surface area contributed by atoms with Crippen LogP contribution in [0.1, 0.15) is 37.7 Å². The van der Waals surface area contributed by atoms with E-state index < -0.39 is 0 Å². The number of rotatable bonds is 5. The maximum absolute atomic E-state index is 6.26. The Hall–Kier alpha value is -1.12. The van der Waals surface area contributed by atoms with Crippen molar-refractivity contribution in [3.8, 4) is 0 Å². The zero-order valence-electron chi connectivity index (χ0n) is 12.4. The van der Waals surface area contributed by atoms with Gasteiger partial charge in [-0.05, 0) is 29.9 Å². The molecule has 1 N–H and O–H groups in total. The summed E-state index contributed by atoms with van der Waals surface area (Å²) >= 11 is 6.26. The second-order valence-corrected chi connectivity index (χ2v) is 6.56. The number of benzene rings is 1. The van der Waals surface area contributed by atoms with Crippen molar-refractivity contribution in [3.05, 3.63) is 42.1 Å². The number of alkyl halides is 1. The van der Waals surface area contributed by atoms with E-state index in [1.807, 2.05) is 12.3 Å². The fourth-order valence-corrected chi connectivity index (χ4v) is 3.79. The van der Waals surface area contributed by atoms with Crippen molar-refractivity contribution in [1.82, 2.24) is 10.3 Å². The van der Waals surface area contributed by atoms with Crippen molar-refractivity contribution in [3.63, 3.8) is 0 Å². The van der Waals surface area contributed by atoms with E-state index in [4.69, 9.17) is 11.6 Å². The summed E-state index contributed by atoms with van der Waals surface area (Å²) in [6, 6.07) is 10.5. The third kappa shape index (κ3) is 3.38. The van der Waals surface area contributed by atoms with E-state index >= 15 is 0 Å². The van der Waals surface area contributed by atoms with Crippen LogP contribution >= 0.6 is 11.6 Å². The highest BCUT2D eigenvalue weighted by molar-refractivity contribution is 6.18. The number of nitrogens with one attached hydrogen (secondary N) is 1. The summed E-state index contributed by atoms with van der Waals surface area (Å²) in [4.78, 5) is 4.52. The lowest BCUT2D eigenvalue weighted by atomic mass is 9.75. The molecule has 112 valence electrons. The molecule has 1 fully saturated rings. The normalized spacial score (nSPS) is 18.0. The topological polar surface area (TPSA) is 24.9 Å². The van der Waals surface area contributed by atoms with Gasteiger partial charge in [0.25, 0.3) is 0 Å². The molecule has 0 saturated heterocycles. The average molecular weight is 303 g/mol. The zero-order chi connectivity index (χ0) is 14.5. The molecular weight excluding hydrogens is 280 g/mol. The quantitative estimate of drug-likeness (QED) is 0.822. The molecule has 1 aliphatic rings. The van der Waals surface area contributed by atoms with Crippen molar-refractivity contribution in [1.29, 1.82) is 0 Å². The van der Waals surface area contributed by atoms with Crippen LogP contribution in [-0.4, -0.2) is 17.4 Å². The molecule has 0 amide bonds. The van der Waals surface area contributed by atoms with Gasteiger partial charge in [-0.15, -0.1) is 11.6 Å². The highest BCUT2D eigenvalue weighted by atomic mass is 35.5. The minimum atomic E-state index is 0.303. The summed E-state index contributed by atoms with van der Waals surface area (Å²) in [5.41, 5.74) is 2.68. The molecule has 0 radical (unpaired) electrons. The molecule has 3 heteroatoms. The summed E-state index contributed by atoms with van der Waals surface area (Å²) in [6.45, 7) is 1.88. The van der Waals surface area contributed by atoms with Crippen LogP contribution in [0, 0.1) is 5.41 Å². The van der Waals surface area contributed by atoms with Crippen LogP contribution in [-0.2, 0) is 6.54 Å². The first-order valence-electron chi connectivity index (χ1n) is 7.92. The number of hydrogen-bond acceptors (Lipinski definition) is 2. The summed E-state index contributed by atoms with van der Waals surface area (Å²) in [5.74, 6) is 0.772. The van der Waals surface area contributed by atoms with Crippen LogP contribution in [0.25, 0.3) is 10.9 Å². The van der Waals surface area contributed by atoms with Gasteiger partial charge in [-0.2, -0.15) is 0 Å². The first-order valence-corrected chi connectivity index (χ1v) is 8.46. The van der Waals surface area contributed by atoms with E-state index in [-0.39, 0.29) is 0 Å². The van der Waals surface area contributed by atoms with E-state index in [1.54, 1.807) is 0 Å². The summed E-state index contributed by atoms with van der Waals surface area (Å²) in [7, 11) is 0. The van der Waals surface area contributed by atoms with Gasteiger partial charge < -0.3 is 5.32 Å². The molecule has 0 bridgehead atoms. The number of halogens is 1. The van der Waals surface area contributed by atoms with Gasteiger partial charge in [0, 0.05) is 30.6 Å². The van der Waals surface area contributed by atoms with Crippen LogP contribution in [0.3, 0.4) is 0 Å². The summed E-state index contributed by atoms with van der Waals surface area (Å²) < 4.78 is 0. The van der Waals surface area contributed by atoms with Crippen molar-refractivity contribution in [2.24, 2.45) is 5.41 Å². The number of nitrogens with zero attached hydrogens (tertiary/aromatic N) is 1. The molecule has 0 spiro atoms.